The van der Waals surface area contributed by atoms with Gasteiger partial charge in [-0.3, -0.25) is 9.59 Å². The first-order valence-corrected chi connectivity index (χ1v) is 6.34. The second-order valence-corrected chi connectivity index (χ2v) is 4.59. The fourth-order valence-electron chi connectivity index (χ4n) is 1.39. The van der Waals surface area contributed by atoms with Crippen molar-refractivity contribution < 1.29 is 14.7 Å². The zero-order valence-corrected chi connectivity index (χ0v) is 11.6. The molecule has 1 aromatic rings. The summed E-state index contributed by atoms with van der Waals surface area (Å²) in [6, 6.07) is 4.57. The molecule has 0 fully saturated rings. The van der Waals surface area contributed by atoms with Gasteiger partial charge in [-0.05, 0) is 31.0 Å². The molecule has 0 aromatic heterocycles. The third kappa shape index (κ3) is 4.54. The summed E-state index contributed by atoms with van der Waals surface area (Å²) >= 11 is 5.92. The zero-order valence-electron chi connectivity index (χ0n) is 10.9. The minimum absolute atomic E-state index is 0.203. The number of aryl methyl sites for hydroxylation is 1. The number of aliphatic hydroxyl groups is 1. The molecule has 104 valence electrons. The molecule has 3 N–H and O–H groups in total. The Morgan fingerprint density at radius 3 is 2.58 bits per heavy atom. The Morgan fingerprint density at radius 2 is 2.05 bits per heavy atom. The van der Waals surface area contributed by atoms with Crippen LogP contribution in [0.5, 0.6) is 0 Å². The summed E-state index contributed by atoms with van der Waals surface area (Å²) in [7, 11) is 0. The number of anilines is 1. The molecule has 5 nitrogen and oxygen atoms in total. The van der Waals surface area contributed by atoms with Crippen LogP contribution in [0.15, 0.2) is 18.2 Å². The summed E-state index contributed by atoms with van der Waals surface area (Å²) in [5.74, 6) is -1.57. The van der Waals surface area contributed by atoms with E-state index in [0.29, 0.717) is 17.1 Å². The van der Waals surface area contributed by atoms with Crippen LogP contribution in [0.4, 0.5) is 5.69 Å². The van der Waals surface area contributed by atoms with Crippen molar-refractivity contribution in [2.45, 2.75) is 26.3 Å². The fraction of sp³-hybridized carbons (Fsp3) is 0.385. The molecular formula is C13H17ClN2O3. The van der Waals surface area contributed by atoms with E-state index in [1.54, 1.807) is 25.1 Å². The Hall–Kier alpha value is -1.59. The molecule has 0 saturated heterocycles. The molecule has 0 radical (unpaired) electrons. The van der Waals surface area contributed by atoms with Crippen LogP contribution in [0.25, 0.3) is 0 Å². The smallest absolute Gasteiger partial charge is 0.313 e. The molecule has 0 bridgehead atoms. The second-order valence-electron chi connectivity index (χ2n) is 4.18. The lowest BCUT2D eigenvalue weighted by molar-refractivity contribution is -0.136. The van der Waals surface area contributed by atoms with E-state index < -0.39 is 17.9 Å². The summed E-state index contributed by atoms with van der Waals surface area (Å²) in [6.45, 7) is 3.44. The zero-order chi connectivity index (χ0) is 14.4. The second kappa shape index (κ2) is 7.11. The van der Waals surface area contributed by atoms with Crippen molar-refractivity contribution in [3.63, 3.8) is 0 Å². The maximum atomic E-state index is 11.6. The number of amides is 2. The third-order valence-corrected chi connectivity index (χ3v) is 3.09. The summed E-state index contributed by atoms with van der Waals surface area (Å²) in [5, 5.41) is 14.3. The van der Waals surface area contributed by atoms with Gasteiger partial charge in [-0.1, -0.05) is 24.6 Å². The minimum Gasteiger partial charge on any atom is -0.394 e. The van der Waals surface area contributed by atoms with Gasteiger partial charge in [0, 0.05) is 10.7 Å². The van der Waals surface area contributed by atoms with Crippen molar-refractivity contribution in [2.75, 3.05) is 11.9 Å². The van der Waals surface area contributed by atoms with Gasteiger partial charge in [-0.15, -0.1) is 0 Å². The van der Waals surface area contributed by atoms with E-state index in [1.807, 2.05) is 6.92 Å². The van der Waals surface area contributed by atoms with E-state index in [0.717, 1.165) is 5.56 Å². The lowest BCUT2D eigenvalue weighted by Crippen LogP contribution is -2.43. The molecule has 0 spiro atoms. The molecule has 0 saturated carbocycles. The molecule has 0 aliphatic carbocycles. The van der Waals surface area contributed by atoms with Crippen molar-refractivity contribution in [3.8, 4) is 0 Å². The molecule has 0 aliphatic heterocycles. The molecule has 1 atom stereocenters. The van der Waals surface area contributed by atoms with Crippen LogP contribution in [0.2, 0.25) is 5.02 Å². The number of aliphatic hydroxyl groups excluding tert-OH is 1. The average Bonchev–Trinajstić information content (AvgIpc) is 2.39. The first kappa shape index (κ1) is 15.5. The number of rotatable bonds is 4. The van der Waals surface area contributed by atoms with Crippen LogP contribution in [-0.2, 0) is 9.59 Å². The monoisotopic (exact) mass is 284 g/mol. The lowest BCUT2D eigenvalue weighted by atomic mass is 10.2. The van der Waals surface area contributed by atoms with Crippen molar-refractivity contribution in [2.24, 2.45) is 0 Å². The van der Waals surface area contributed by atoms with Crippen molar-refractivity contribution in [1.29, 1.82) is 0 Å². The number of carbonyl (C=O) groups excluding carboxylic acids is 2. The summed E-state index contributed by atoms with van der Waals surface area (Å²) in [4.78, 5) is 23.2. The Balaban J connectivity index is 2.63. The van der Waals surface area contributed by atoms with Gasteiger partial charge in [-0.2, -0.15) is 0 Å². The summed E-state index contributed by atoms with van der Waals surface area (Å²) in [5.41, 5.74) is 1.34. The highest BCUT2D eigenvalue weighted by Crippen LogP contribution is 2.19. The van der Waals surface area contributed by atoms with E-state index in [1.165, 1.54) is 0 Å². The van der Waals surface area contributed by atoms with Crippen molar-refractivity contribution in [3.05, 3.63) is 28.8 Å². The number of halogens is 1. The molecule has 19 heavy (non-hydrogen) atoms. The van der Waals surface area contributed by atoms with Crippen LogP contribution in [0, 0.1) is 6.92 Å². The quantitative estimate of drug-likeness (QED) is 0.733. The first-order valence-electron chi connectivity index (χ1n) is 5.96. The van der Waals surface area contributed by atoms with E-state index in [4.69, 9.17) is 16.7 Å². The largest absolute Gasteiger partial charge is 0.394 e. The standard InChI is InChI=1S/C13H17ClN2O3/c1-3-9(7-17)15-12(18)13(19)16-10-5-4-8(2)11(14)6-10/h4-6,9,17H,3,7H2,1-2H3,(H,15,18)(H,16,19). The van der Waals surface area contributed by atoms with Gasteiger partial charge < -0.3 is 15.7 Å². The molecule has 0 heterocycles. The Bertz CT molecular complexity index is 473. The van der Waals surface area contributed by atoms with Crippen LogP contribution >= 0.6 is 11.6 Å². The summed E-state index contributed by atoms with van der Waals surface area (Å²) in [6.07, 6.45) is 0.547. The van der Waals surface area contributed by atoms with E-state index in [2.05, 4.69) is 10.6 Å². The molecular weight excluding hydrogens is 268 g/mol. The number of benzene rings is 1. The predicted octanol–water partition coefficient (Wildman–Crippen LogP) is 1.47. The maximum Gasteiger partial charge on any atom is 0.313 e. The van der Waals surface area contributed by atoms with Crippen molar-refractivity contribution in [1.82, 2.24) is 5.32 Å². The normalized spacial score (nSPS) is 11.8. The maximum absolute atomic E-state index is 11.6. The Labute approximate surface area is 117 Å². The number of nitrogens with one attached hydrogen (secondary N) is 2. The number of carbonyl (C=O) groups is 2. The van der Waals surface area contributed by atoms with Crippen molar-refractivity contribution >= 4 is 29.1 Å². The molecule has 0 aliphatic rings. The van der Waals surface area contributed by atoms with Gasteiger partial charge in [0.25, 0.3) is 0 Å². The minimum atomic E-state index is -0.785. The summed E-state index contributed by atoms with van der Waals surface area (Å²) < 4.78 is 0. The van der Waals surface area contributed by atoms with Gasteiger partial charge in [0.1, 0.15) is 0 Å². The van der Waals surface area contributed by atoms with Gasteiger partial charge in [0.05, 0.1) is 12.6 Å². The highest BCUT2D eigenvalue weighted by Gasteiger charge is 2.17. The van der Waals surface area contributed by atoms with Gasteiger partial charge >= 0.3 is 11.8 Å². The Kier molecular flexibility index (Phi) is 5.79. The molecule has 1 unspecified atom stereocenters. The van der Waals surface area contributed by atoms with Gasteiger partial charge in [0.15, 0.2) is 0 Å². The van der Waals surface area contributed by atoms with E-state index in [-0.39, 0.29) is 6.61 Å². The van der Waals surface area contributed by atoms with Crippen LogP contribution in [-0.4, -0.2) is 29.6 Å². The molecule has 1 rings (SSSR count). The fourth-order valence-corrected chi connectivity index (χ4v) is 1.57. The Morgan fingerprint density at radius 1 is 1.37 bits per heavy atom. The molecule has 6 heteroatoms. The number of hydrogen-bond donors (Lipinski definition) is 3. The predicted molar refractivity (Wildman–Crippen MR) is 74.1 cm³/mol. The topological polar surface area (TPSA) is 78.4 Å². The average molecular weight is 285 g/mol. The first-order chi connectivity index (χ1) is 8.97. The van der Waals surface area contributed by atoms with E-state index in [9.17, 15) is 9.59 Å². The molecule has 1 aromatic carbocycles. The van der Waals surface area contributed by atoms with Crippen LogP contribution in [0.3, 0.4) is 0 Å². The van der Waals surface area contributed by atoms with E-state index >= 15 is 0 Å². The SMILES string of the molecule is CCC(CO)NC(=O)C(=O)Nc1ccc(C)c(Cl)c1. The highest BCUT2D eigenvalue weighted by atomic mass is 35.5. The van der Waals surface area contributed by atoms with Gasteiger partial charge in [0.2, 0.25) is 0 Å². The van der Waals surface area contributed by atoms with Crippen LogP contribution < -0.4 is 10.6 Å². The van der Waals surface area contributed by atoms with Crippen LogP contribution in [0.1, 0.15) is 18.9 Å². The number of hydrogen-bond acceptors (Lipinski definition) is 3. The third-order valence-electron chi connectivity index (χ3n) is 2.68. The molecule has 2 amide bonds. The van der Waals surface area contributed by atoms with Gasteiger partial charge in [-0.25, -0.2) is 0 Å². The highest BCUT2D eigenvalue weighted by molar-refractivity contribution is 6.40. The lowest BCUT2D eigenvalue weighted by Gasteiger charge is -2.13.